The van der Waals surface area contributed by atoms with E-state index in [-0.39, 0.29) is 6.42 Å². The Balaban J connectivity index is 2.58. The van der Waals surface area contributed by atoms with Crippen LogP contribution < -0.4 is 10.6 Å². The number of hydrogen-bond acceptors (Lipinski definition) is 4. The molecule has 1 rings (SSSR count). The number of amides is 2. The van der Waals surface area contributed by atoms with E-state index in [0.717, 1.165) is 5.56 Å². The third-order valence-corrected chi connectivity index (χ3v) is 3.37. The molecule has 114 valence electrons. The third-order valence-electron chi connectivity index (χ3n) is 2.73. The zero-order valence-corrected chi connectivity index (χ0v) is 12.7. The highest BCUT2D eigenvalue weighted by atomic mass is 32.2. The summed E-state index contributed by atoms with van der Waals surface area (Å²) in [6, 6.07) is 5.87. The van der Waals surface area contributed by atoms with Crippen molar-refractivity contribution < 1.29 is 19.5 Å². The number of nitrogens with one attached hydrogen (secondary N) is 2. The van der Waals surface area contributed by atoms with Crippen LogP contribution in [0.1, 0.15) is 12.0 Å². The van der Waals surface area contributed by atoms with Gasteiger partial charge in [-0.1, -0.05) is 17.7 Å². The molecular formula is C14H18N2O4S. The van der Waals surface area contributed by atoms with Gasteiger partial charge in [-0.2, -0.15) is 11.8 Å². The number of rotatable bonds is 6. The predicted octanol–water partition coefficient (Wildman–Crippen LogP) is 1.26. The highest BCUT2D eigenvalue weighted by Gasteiger charge is 2.23. The van der Waals surface area contributed by atoms with Crippen molar-refractivity contribution in [3.63, 3.8) is 0 Å². The summed E-state index contributed by atoms with van der Waals surface area (Å²) < 4.78 is 0. The minimum absolute atomic E-state index is 0.264. The lowest BCUT2D eigenvalue weighted by molar-refractivity contribution is -0.143. The Morgan fingerprint density at radius 2 is 1.81 bits per heavy atom. The molecule has 0 fully saturated rings. The van der Waals surface area contributed by atoms with Crippen molar-refractivity contribution in [2.24, 2.45) is 0 Å². The summed E-state index contributed by atoms with van der Waals surface area (Å²) >= 11 is 1.47. The van der Waals surface area contributed by atoms with E-state index >= 15 is 0 Å². The van der Waals surface area contributed by atoms with Crippen LogP contribution in [0.4, 0.5) is 5.69 Å². The molecule has 0 radical (unpaired) electrons. The number of hydrogen-bond donors (Lipinski definition) is 3. The second-order valence-corrected chi connectivity index (χ2v) is 5.45. The zero-order valence-electron chi connectivity index (χ0n) is 11.9. The topological polar surface area (TPSA) is 95.5 Å². The van der Waals surface area contributed by atoms with E-state index in [4.69, 9.17) is 5.11 Å². The van der Waals surface area contributed by atoms with Gasteiger partial charge in [0.25, 0.3) is 0 Å². The summed E-state index contributed by atoms with van der Waals surface area (Å²) in [7, 11) is 0. The van der Waals surface area contributed by atoms with E-state index in [1.165, 1.54) is 11.8 Å². The number of carbonyl (C=O) groups is 3. The van der Waals surface area contributed by atoms with Gasteiger partial charge in [-0.3, -0.25) is 9.59 Å². The van der Waals surface area contributed by atoms with Gasteiger partial charge in [-0.05, 0) is 37.5 Å². The van der Waals surface area contributed by atoms with Crippen LogP contribution in [0.15, 0.2) is 24.3 Å². The molecule has 0 aliphatic carbocycles. The molecule has 1 aromatic carbocycles. The number of aliphatic carboxylic acids is 1. The summed E-state index contributed by atoms with van der Waals surface area (Å²) in [4.78, 5) is 34.4. The van der Waals surface area contributed by atoms with Crippen LogP contribution in [0.5, 0.6) is 0 Å². The van der Waals surface area contributed by atoms with E-state index in [2.05, 4.69) is 10.6 Å². The Labute approximate surface area is 127 Å². The zero-order chi connectivity index (χ0) is 15.8. The van der Waals surface area contributed by atoms with Crippen molar-refractivity contribution in [3.8, 4) is 0 Å². The molecule has 0 aliphatic rings. The molecule has 1 atom stereocenters. The summed E-state index contributed by atoms with van der Waals surface area (Å²) in [5.41, 5.74) is 1.51. The quantitative estimate of drug-likeness (QED) is 0.687. The van der Waals surface area contributed by atoms with Gasteiger partial charge in [-0.25, -0.2) is 4.79 Å². The molecule has 21 heavy (non-hydrogen) atoms. The van der Waals surface area contributed by atoms with Crippen LogP contribution in [0, 0.1) is 6.92 Å². The van der Waals surface area contributed by atoms with Gasteiger partial charge in [0.05, 0.1) is 0 Å². The first-order valence-electron chi connectivity index (χ1n) is 6.34. The summed E-state index contributed by atoms with van der Waals surface area (Å²) in [6.45, 7) is 1.90. The smallest absolute Gasteiger partial charge is 0.326 e. The van der Waals surface area contributed by atoms with E-state index in [0.29, 0.717) is 11.4 Å². The standard InChI is InChI=1S/C14H18N2O4S/c1-9-3-5-10(6-4-9)15-12(17)13(18)16-11(14(19)20)7-8-21-2/h3-6,11H,7-8H2,1-2H3,(H,15,17)(H,16,18)(H,19,20)/t11-/m0/s1. The predicted molar refractivity (Wildman–Crippen MR) is 82.4 cm³/mol. The SMILES string of the molecule is CSCC[C@H](NC(=O)C(=O)Nc1ccc(C)cc1)C(=O)O. The molecule has 0 aromatic heterocycles. The molecule has 0 unspecified atom stereocenters. The Morgan fingerprint density at radius 1 is 1.19 bits per heavy atom. The molecule has 0 aliphatic heterocycles. The minimum atomic E-state index is -1.15. The first-order chi connectivity index (χ1) is 9.93. The normalized spacial score (nSPS) is 11.5. The van der Waals surface area contributed by atoms with Crippen LogP contribution in [-0.2, 0) is 14.4 Å². The fourth-order valence-electron chi connectivity index (χ4n) is 1.54. The van der Waals surface area contributed by atoms with Crippen molar-refractivity contribution in [1.29, 1.82) is 0 Å². The number of carboxylic acid groups (broad SMARTS) is 1. The number of anilines is 1. The number of carboxylic acids is 1. The first kappa shape index (κ1) is 17.0. The van der Waals surface area contributed by atoms with Crippen LogP contribution in [0.2, 0.25) is 0 Å². The molecule has 6 nitrogen and oxygen atoms in total. The second kappa shape index (κ2) is 8.31. The third kappa shape index (κ3) is 5.86. The molecular weight excluding hydrogens is 292 g/mol. The van der Waals surface area contributed by atoms with Crippen LogP contribution in [-0.4, -0.2) is 40.9 Å². The van der Waals surface area contributed by atoms with Crippen molar-refractivity contribution in [2.75, 3.05) is 17.3 Å². The molecule has 0 spiro atoms. The lowest BCUT2D eigenvalue weighted by Crippen LogP contribution is -2.46. The number of thioether (sulfide) groups is 1. The van der Waals surface area contributed by atoms with Crippen LogP contribution in [0.3, 0.4) is 0 Å². The van der Waals surface area contributed by atoms with Gasteiger partial charge < -0.3 is 15.7 Å². The number of benzene rings is 1. The van der Waals surface area contributed by atoms with Crippen LogP contribution >= 0.6 is 11.8 Å². The Bertz CT molecular complexity index is 516. The van der Waals surface area contributed by atoms with Crippen molar-refractivity contribution >= 4 is 35.2 Å². The second-order valence-electron chi connectivity index (χ2n) is 4.47. The van der Waals surface area contributed by atoms with Crippen molar-refractivity contribution in [3.05, 3.63) is 29.8 Å². The molecule has 2 amide bonds. The maximum Gasteiger partial charge on any atom is 0.326 e. The van der Waals surface area contributed by atoms with Gasteiger partial charge in [0.15, 0.2) is 0 Å². The Morgan fingerprint density at radius 3 is 2.33 bits per heavy atom. The summed E-state index contributed by atoms with van der Waals surface area (Å²) in [6.07, 6.45) is 2.10. The van der Waals surface area contributed by atoms with Crippen LogP contribution in [0.25, 0.3) is 0 Å². The van der Waals surface area contributed by atoms with Gasteiger partial charge in [0.1, 0.15) is 6.04 Å². The summed E-state index contributed by atoms with van der Waals surface area (Å²) in [5, 5.41) is 13.6. The molecule has 0 heterocycles. The van der Waals surface area contributed by atoms with Gasteiger partial charge in [0, 0.05) is 5.69 Å². The molecule has 0 bridgehead atoms. The fraction of sp³-hybridized carbons (Fsp3) is 0.357. The average molecular weight is 310 g/mol. The monoisotopic (exact) mass is 310 g/mol. The Hall–Kier alpha value is -2.02. The van der Waals surface area contributed by atoms with Gasteiger partial charge in [0.2, 0.25) is 0 Å². The largest absolute Gasteiger partial charge is 0.480 e. The highest BCUT2D eigenvalue weighted by molar-refractivity contribution is 7.98. The van der Waals surface area contributed by atoms with Gasteiger partial charge >= 0.3 is 17.8 Å². The number of aryl methyl sites for hydroxylation is 1. The van der Waals surface area contributed by atoms with E-state index in [1.54, 1.807) is 24.3 Å². The van der Waals surface area contributed by atoms with E-state index < -0.39 is 23.8 Å². The average Bonchev–Trinajstić information content (AvgIpc) is 2.45. The molecule has 0 saturated carbocycles. The van der Waals surface area contributed by atoms with Gasteiger partial charge in [-0.15, -0.1) is 0 Å². The lowest BCUT2D eigenvalue weighted by atomic mass is 10.2. The molecule has 0 saturated heterocycles. The maximum absolute atomic E-state index is 11.7. The lowest BCUT2D eigenvalue weighted by Gasteiger charge is -2.13. The molecule has 7 heteroatoms. The van der Waals surface area contributed by atoms with E-state index in [9.17, 15) is 14.4 Å². The van der Waals surface area contributed by atoms with Crippen molar-refractivity contribution in [1.82, 2.24) is 5.32 Å². The fourth-order valence-corrected chi connectivity index (χ4v) is 2.01. The molecule has 1 aromatic rings. The minimum Gasteiger partial charge on any atom is -0.480 e. The van der Waals surface area contributed by atoms with Crippen molar-refractivity contribution in [2.45, 2.75) is 19.4 Å². The molecule has 3 N–H and O–H groups in total. The Kier molecular flexibility index (Phi) is 6.74. The maximum atomic E-state index is 11.7. The van der Waals surface area contributed by atoms with E-state index in [1.807, 2.05) is 13.2 Å². The number of carbonyl (C=O) groups excluding carboxylic acids is 2. The first-order valence-corrected chi connectivity index (χ1v) is 7.73. The highest BCUT2D eigenvalue weighted by Crippen LogP contribution is 2.08. The summed E-state index contributed by atoms with van der Waals surface area (Å²) in [5.74, 6) is -2.41.